The SMILES string of the molecule is Cc1cncc(C(=O)N[C@@]23CCC[C@](NC(=O)c4cc(F)cc(F)c4)(CC2)C3)n1. The van der Waals surface area contributed by atoms with Crippen molar-refractivity contribution in [1.29, 1.82) is 0 Å². The third kappa shape index (κ3) is 3.97. The maximum atomic E-state index is 13.5. The highest BCUT2D eigenvalue weighted by molar-refractivity contribution is 5.95. The molecule has 2 aliphatic rings. The highest BCUT2D eigenvalue weighted by Gasteiger charge is 2.52. The van der Waals surface area contributed by atoms with Crippen LogP contribution in [-0.2, 0) is 0 Å². The maximum absolute atomic E-state index is 13.5. The minimum atomic E-state index is -0.788. The van der Waals surface area contributed by atoms with Gasteiger partial charge in [-0.15, -0.1) is 0 Å². The van der Waals surface area contributed by atoms with Crippen molar-refractivity contribution >= 4 is 11.8 Å². The molecule has 0 saturated heterocycles. The van der Waals surface area contributed by atoms with E-state index in [0.29, 0.717) is 18.5 Å². The molecule has 1 aromatic heterocycles. The minimum absolute atomic E-state index is 0.0426. The van der Waals surface area contributed by atoms with Gasteiger partial charge < -0.3 is 10.6 Å². The predicted octanol–water partition coefficient (Wildman–Crippen LogP) is 3.07. The van der Waals surface area contributed by atoms with Crippen molar-refractivity contribution in [3.8, 4) is 0 Å². The summed E-state index contributed by atoms with van der Waals surface area (Å²) in [5.74, 6) is -2.36. The van der Waals surface area contributed by atoms with E-state index in [1.165, 1.54) is 6.20 Å². The zero-order chi connectivity index (χ0) is 20.6. The normalized spacial score (nSPS) is 25.5. The standard InChI is InChI=1S/C21H22F2N4O2/c1-13-10-24-11-17(25-13)19(29)27-21-4-2-3-20(12-21,5-6-21)26-18(28)14-7-15(22)9-16(23)8-14/h7-11H,2-6,12H2,1H3,(H,26,28)(H,27,29)/t20-,21-/m0/s1. The lowest BCUT2D eigenvalue weighted by Gasteiger charge is -2.40. The van der Waals surface area contributed by atoms with Crippen molar-refractivity contribution in [2.24, 2.45) is 0 Å². The Morgan fingerprint density at radius 1 is 0.931 bits per heavy atom. The van der Waals surface area contributed by atoms with Crippen molar-refractivity contribution in [3.05, 3.63) is 59.2 Å². The molecule has 0 radical (unpaired) electrons. The molecule has 0 aliphatic heterocycles. The molecule has 0 spiro atoms. The minimum Gasteiger partial charge on any atom is -0.347 e. The van der Waals surface area contributed by atoms with Gasteiger partial charge in [0.05, 0.1) is 11.9 Å². The molecule has 2 aliphatic carbocycles. The third-order valence-electron chi connectivity index (χ3n) is 5.94. The Hall–Kier alpha value is -2.90. The summed E-state index contributed by atoms with van der Waals surface area (Å²) >= 11 is 0. The van der Waals surface area contributed by atoms with Gasteiger partial charge in [0, 0.05) is 28.9 Å². The molecular formula is C21H22F2N4O2. The Morgan fingerprint density at radius 3 is 2.17 bits per heavy atom. The van der Waals surface area contributed by atoms with Crippen molar-refractivity contribution in [2.45, 2.75) is 56.5 Å². The molecule has 152 valence electrons. The maximum Gasteiger partial charge on any atom is 0.271 e. The quantitative estimate of drug-likeness (QED) is 0.826. The summed E-state index contributed by atoms with van der Waals surface area (Å²) in [7, 11) is 0. The Labute approximate surface area is 167 Å². The van der Waals surface area contributed by atoms with E-state index in [1.807, 2.05) is 0 Å². The average molecular weight is 400 g/mol. The second kappa shape index (κ2) is 7.17. The summed E-state index contributed by atoms with van der Waals surface area (Å²) in [6.07, 6.45) is 7.41. The summed E-state index contributed by atoms with van der Waals surface area (Å²) in [4.78, 5) is 33.6. The van der Waals surface area contributed by atoms with Crippen LogP contribution in [0.15, 0.2) is 30.6 Å². The summed E-state index contributed by atoms with van der Waals surface area (Å²) in [5.41, 5.74) is -0.0415. The number of hydrogen-bond donors (Lipinski definition) is 2. The molecule has 2 saturated carbocycles. The first-order valence-electron chi connectivity index (χ1n) is 9.68. The summed E-state index contributed by atoms with van der Waals surface area (Å²) < 4.78 is 26.9. The number of aromatic nitrogens is 2. The van der Waals surface area contributed by atoms with Crippen LogP contribution >= 0.6 is 0 Å². The van der Waals surface area contributed by atoms with Crippen LogP contribution in [0, 0.1) is 18.6 Å². The van der Waals surface area contributed by atoms with Crippen molar-refractivity contribution in [3.63, 3.8) is 0 Å². The van der Waals surface area contributed by atoms with Gasteiger partial charge in [0.2, 0.25) is 0 Å². The van der Waals surface area contributed by atoms with Crippen LogP contribution in [-0.4, -0.2) is 32.9 Å². The van der Waals surface area contributed by atoms with Gasteiger partial charge in [-0.3, -0.25) is 14.6 Å². The zero-order valence-corrected chi connectivity index (χ0v) is 16.1. The molecule has 2 bridgehead atoms. The van der Waals surface area contributed by atoms with Crippen LogP contribution in [0.4, 0.5) is 8.78 Å². The fraction of sp³-hybridized carbons (Fsp3) is 0.429. The topological polar surface area (TPSA) is 84.0 Å². The lowest BCUT2D eigenvalue weighted by atomic mass is 9.78. The molecule has 29 heavy (non-hydrogen) atoms. The van der Waals surface area contributed by atoms with Crippen LogP contribution in [0.1, 0.15) is 65.1 Å². The van der Waals surface area contributed by atoms with Gasteiger partial charge in [0.25, 0.3) is 11.8 Å². The number of rotatable bonds is 4. The van der Waals surface area contributed by atoms with Gasteiger partial charge in [-0.25, -0.2) is 13.8 Å². The molecular weight excluding hydrogens is 378 g/mol. The van der Waals surface area contributed by atoms with Gasteiger partial charge in [-0.1, -0.05) is 0 Å². The number of hydrogen-bond acceptors (Lipinski definition) is 4. The number of carbonyl (C=O) groups excluding carboxylic acids is 2. The van der Waals surface area contributed by atoms with Crippen molar-refractivity contribution in [2.75, 3.05) is 0 Å². The molecule has 2 N–H and O–H groups in total. The van der Waals surface area contributed by atoms with Gasteiger partial charge in [0.15, 0.2) is 0 Å². The largest absolute Gasteiger partial charge is 0.347 e. The van der Waals surface area contributed by atoms with Crippen LogP contribution in [0.3, 0.4) is 0 Å². The van der Waals surface area contributed by atoms with E-state index in [2.05, 4.69) is 20.6 Å². The van der Waals surface area contributed by atoms with E-state index in [1.54, 1.807) is 13.1 Å². The molecule has 2 aromatic rings. The first-order chi connectivity index (χ1) is 13.8. The van der Waals surface area contributed by atoms with E-state index in [-0.39, 0.29) is 17.2 Å². The van der Waals surface area contributed by atoms with E-state index in [4.69, 9.17) is 0 Å². The lowest BCUT2D eigenvalue weighted by Crippen LogP contribution is -2.55. The first-order valence-corrected chi connectivity index (χ1v) is 9.68. The number of aryl methyl sites for hydroxylation is 1. The summed E-state index contributed by atoms with van der Waals surface area (Å²) in [6.45, 7) is 1.77. The monoisotopic (exact) mass is 400 g/mol. The second-order valence-corrected chi connectivity index (χ2v) is 8.20. The number of fused-ring (bicyclic) bond motifs is 2. The van der Waals surface area contributed by atoms with Gasteiger partial charge in [-0.2, -0.15) is 0 Å². The number of carbonyl (C=O) groups is 2. The van der Waals surface area contributed by atoms with Gasteiger partial charge in [-0.05, 0) is 57.6 Å². The molecule has 2 amide bonds. The molecule has 1 aromatic carbocycles. The van der Waals surface area contributed by atoms with Crippen LogP contribution in [0.2, 0.25) is 0 Å². The first kappa shape index (κ1) is 19.4. The van der Waals surface area contributed by atoms with Gasteiger partial charge >= 0.3 is 0 Å². The van der Waals surface area contributed by atoms with Crippen molar-refractivity contribution < 1.29 is 18.4 Å². The highest BCUT2D eigenvalue weighted by atomic mass is 19.1. The second-order valence-electron chi connectivity index (χ2n) is 8.20. The molecule has 4 rings (SSSR count). The van der Waals surface area contributed by atoms with Crippen LogP contribution < -0.4 is 10.6 Å². The third-order valence-corrected chi connectivity index (χ3v) is 5.94. The van der Waals surface area contributed by atoms with E-state index >= 15 is 0 Å². The summed E-state index contributed by atoms with van der Waals surface area (Å²) in [5, 5.41) is 6.10. The molecule has 2 fully saturated rings. The Morgan fingerprint density at radius 2 is 1.55 bits per heavy atom. The highest BCUT2D eigenvalue weighted by Crippen LogP contribution is 2.48. The number of benzene rings is 1. The van der Waals surface area contributed by atoms with Crippen LogP contribution in [0.25, 0.3) is 0 Å². The molecule has 6 nitrogen and oxygen atoms in total. The number of nitrogens with zero attached hydrogens (tertiary/aromatic N) is 2. The molecule has 1 heterocycles. The fourth-order valence-electron chi connectivity index (χ4n) is 4.71. The van der Waals surface area contributed by atoms with Crippen molar-refractivity contribution in [1.82, 2.24) is 20.6 Å². The Kier molecular flexibility index (Phi) is 4.80. The molecule has 8 heteroatoms. The number of amides is 2. The number of nitrogens with one attached hydrogen (secondary N) is 2. The van der Waals surface area contributed by atoms with E-state index < -0.39 is 28.6 Å². The van der Waals surface area contributed by atoms with E-state index in [0.717, 1.165) is 43.9 Å². The smallest absolute Gasteiger partial charge is 0.271 e. The average Bonchev–Trinajstić information content (AvgIpc) is 2.90. The number of halogens is 2. The molecule has 2 atom stereocenters. The molecule has 0 unspecified atom stereocenters. The summed E-state index contributed by atoms with van der Waals surface area (Å²) in [6, 6.07) is 2.79. The fourth-order valence-corrected chi connectivity index (χ4v) is 4.71. The lowest BCUT2D eigenvalue weighted by molar-refractivity contribution is 0.0828. The van der Waals surface area contributed by atoms with Crippen LogP contribution in [0.5, 0.6) is 0 Å². The van der Waals surface area contributed by atoms with E-state index in [9.17, 15) is 18.4 Å². The van der Waals surface area contributed by atoms with Gasteiger partial charge in [0.1, 0.15) is 17.3 Å². The Bertz CT molecular complexity index is 963. The predicted molar refractivity (Wildman–Crippen MR) is 101 cm³/mol. The zero-order valence-electron chi connectivity index (χ0n) is 16.1. The Balaban J connectivity index is 1.49.